The van der Waals surface area contributed by atoms with E-state index in [4.69, 9.17) is 5.11 Å². The lowest BCUT2D eigenvalue weighted by Crippen LogP contribution is -2.44. The second kappa shape index (κ2) is 24.5. The first kappa shape index (κ1) is 36.9. The fourth-order valence-electron chi connectivity index (χ4n) is 5.85. The van der Waals surface area contributed by atoms with Crippen LogP contribution in [0.4, 0.5) is 0 Å². The molecule has 8 nitrogen and oxygen atoms in total. The molecule has 0 aromatic rings. The minimum Gasteiger partial charge on any atom is -0.481 e. The summed E-state index contributed by atoms with van der Waals surface area (Å²) in [6.45, 7) is 2.59. The first-order chi connectivity index (χ1) is 19.8. The molecule has 4 N–H and O–H groups in total. The molecule has 0 bridgehead atoms. The maximum atomic E-state index is 12.5. The summed E-state index contributed by atoms with van der Waals surface area (Å²) in [5, 5.41) is 23.7. The van der Waals surface area contributed by atoms with Gasteiger partial charge in [-0.05, 0) is 50.9 Å². The van der Waals surface area contributed by atoms with Gasteiger partial charge in [-0.25, -0.2) is 4.79 Å². The van der Waals surface area contributed by atoms with Crippen molar-refractivity contribution in [2.45, 2.75) is 167 Å². The van der Waals surface area contributed by atoms with Gasteiger partial charge in [-0.2, -0.15) is 0 Å². The number of amides is 2. The monoisotopic (exact) mass is 580 g/mol. The third kappa shape index (κ3) is 20.4. The van der Waals surface area contributed by atoms with Gasteiger partial charge in [-0.1, -0.05) is 103 Å². The molecular formula is C33H60N2O6. The smallest absolute Gasteiger partial charge is 0.326 e. The van der Waals surface area contributed by atoms with Gasteiger partial charge in [0.2, 0.25) is 11.8 Å². The van der Waals surface area contributed by atoms with Crippen LogP contribution in [0.3, 0.4) is 0 Å². The van der Waals surface area contributed by atoms with Crippen molar-refractivity contribution >= 4 is 23.8 Å². The number of carboxylic acids is 2. The Kier molecular flexibility index (Phi) is 22.0. The average molecular weight is 581 g/mol. The lowest BCUT2D eigenvalue weighted by Gasteiger charge is -2.28. The summed E-state index contributed by atoms with van der Waals surface area (Å²) in [6.07, 6.45) is 24.6. The van der Waals surface area contributed by atoms with Crippen molar-refractivity contribution in [3.63, 3.8) is 0 Å². The van der Waals surface area contributed by atoms with E-state index < -0.39 is 18.0 Å². The Hall–Kier alpha value is -2.12. The quantitative estimate of drug-likeness (QED) is 0.0789. The van der Waals surface area contributed by atoms with Gasteiger partial charge >= 0.3 is 11.9 Å². The SMILES string of the molecule is CCC[C@@H](NC(=O)[C@H]1CC[C@H](CNC(=O)CCCCCCCCCCCCCCCCCCC(=O)O)CC1)C(=O)O. The van der Waals surface area contributed by atoms with Gasteiger partial charge in [0, 0.05) is 25.3 Å². The lowest BCUT2D eigenvalue weighted by atomic mass is 9.81. The highest BCUT2D eigenvalue weighted by atomic mass is 16.4. The number of hydrogen-bond donors (Lipinski definition) is 4. The van der Waals surface area contributed by atoms with Crippen molar-refractivity contribution in [1.82, 2.24) is 10.6 Å². The molecule has 1 saturated carbocycles. The Bertz CT molecular complexity index is 721. The summed E-state index contributed by atoms with van der Waals surface area (Å²) >= 11 is 0. The summed E-state index contributed by atoms with van der Waals surface area (Å²) in [5.74, 6) is -1.38. The van der Waals surface area contributed by atoms with Crippen molar-refractivity contribution < 1.29 is 29.4 Å². The predicted octanol–water partition coefficient (Wildman–Crippen LogP) is 7.38. The van der Waals surface area contributed by atoms with E-state index >= 15 is 0 Å². The average Bonchev–Trinajstić information content (AvgIpc) is 2.95. The van der Waals surface area contributed by atoms with Crippen LogP contribution in [0.1, 0.15) is 161 Å². The largest absolute Gasteiger partial charge is 0.481 e. The van der Waals surface area contributed by atoms with Crippen LogP contribution in [-0.2, 0) is 19.2 Å². The van der Waals surface area contributed by atoms with Crippen molar-refractivity contribution in [2.75, 3.05) is 6.54 Å². The highest BCUT2D eigenvalue weighted by Gasteiger charge is 2.29. The van der Waals surface area contributed by atoms with E-state index in [1.165, 1.54) is 77.0 Å². The van der Waals surface area contributed by atoms with Gasteiger partial charge in [-0.15, -0.1) is 0 Å². The van der Waals surface area contributed by atoms with Crippen molar-refractivity contribution in [1.29, 1.82) is 0 Å². The zero-order chi connectivity index (χ0) is 30.1. The van der Waals surface area contributed by atoms with E-state index in [2.05, 4.69) is 10.6 Å². The fourth-order valence-corrected chi connectivity index (χ4v) is 5.85. The van der Waals surface area contributed by atoms with Gasteiger partial charge in [0.1, 0.15) is 6.04 Å². The maximum absolute atomic E-state index is 12.5. The molecule has 0 spiro atoms. The summed E-state index contributed by atoms with van der Waals surface area (Å²) in [7, 11) is 0. The van der Waals surface area contributed by atoms with E-state index in [1.807, 2.05) is 6.92 Å². The number of unbranched alkanes of at least 4 members (excludes halogenated alkanes) is 15. The van der Waals surface area contributed by atoms with E-state index in [0.717, 1.165) is 51.4 Å². The Labute approximate surface area is 249 Å². The Morgan fingerprint density at radius 2 is 1.10 bits per heavy atom. The molecule has 0 radical (unpaired) electrons. The van der Waals surface area contributed by atoms with Crippen LogP contribution in [-0.4, -0.2) is 46.6 Å². The van der Waals surface area contributed by atoms with Crippen LogP contribution in [0, 0.1) is 11.8 Å². The standard InChI is InChI=1S/C33H60N2O6/c1-2-19-29(33(40)41)35-32(39)28-24-22-27(23-25-28)26-34-30(36)20-17-15-13-11-9-7-5-3-4-6-8-10-12-14-16-18-21-31(37)38/h27-29H,2-26H2,1H3,(H,34,36)(H,35,39)(H,37,38)(H,40,41)/t27-,28-,29-/m1/s1. The van der Waals surface area contributed by atoms with Gasteiger partial charge in [0.15, 0.2) is 0 Å². The molecular weight excluding hydrogens is 520 g/mol. The van der Waals surface area contributed by atoms with E-state index in [0.29, 0.717) is 38.1 Å². The first-order valence-corrected chi connectivity index (χ1v) is 16.8. The molecule has 1 aliphatic carbocycles. The summed E-state index contributed by atoms with van der Waals surface area (Å²) in [4.78, 5) is 46.5. The van der Waals surface area contributed by atoms with Crippen LogP contribution >= 0.6 is 0 Å². The van der Waals surface area contributed by atoms with Crippen LogP contribution < -0.4 is 10.6 Å². The van der Waals surface area contributed by atoms with Crippen LogP contribution in [0.25, 0.3) is 0 Å². The Morgan fingerprint density at radius 3 is 1.51 bits per heavy atom. The van der Waals surface area contributed by atoms with Crippen LogP contribution in [0.5, 0.6) is 0 Å². The number of hydrogen-bond acceptors (Lipinski definition) is 4. The Balaban J connectivity index is 1.89. The molecule has 41 heavy (non-hydrogen) atoms. The first-order valence-electron chi connectivity index (χ1n) is 16.8. The molecule has 0 aliphatic heterocycles. The van der Waals surface area contributed by atoms with Crippen LogP contribution in [0.2, 0.25) is 0 Å². The van der Waals surface area contributed by atoms with E-state index in [9.17, 15) is 24.3 Å². The molecule has 0 aromatic heterocycles. The molecule has 0 unspecified atom stereocenters. The molecule has 0 saturated heterocycles. The Morgan fingerprint density at radius 1 is 0.659 bits per heavy atom. The molecule has 1 fully saturated rings. The normalized spacial score (nSPS) is 17.6. The molecule has 8 heteroatoms. The van der Waals surface area contributed by atoms with Gasteiger partial charge in [-0.3, -0.25) is 14.4 Å². The third-order valence-electron chi connectivity index (χ3n) is 8.54. The van der Waals surface area contributed by atoms with Crippen molar-refractivity contribution in [2.24, 2.45) is 11.8 Å². The number of carbonyl (C=O) groups excluding carboxylic acids is 2. The third-order valence-corrected chi connectivity index (χ3v) is 8.54. The topological polar surface area (TPSA) is 133 Å². The molecule has 238 valence electrons. The maximum Gasteiger partial charge on any atom is 0.326 e. The zero-order valence-corrected chi connectivity index (χ0v) is 25.9. The highest BCUT2D eigenvalue weighted by molar-refractivity contribution is 5.85. The molecule has 2 amide bonds. The van der Waals surface area contributed by atoms with Gasteiger partial charge in [0.05, 0.1) is 0 Å². The van der Waals surface area contributed by atoms with Crippen molar-refractivity contribution in [3.8, 4) is 0 Å². The molecule has 1 aliphatic rings. The van der Waals surface area contributed by atoms with Gasteiger partial charge in [0.25, 0.3) is 0 Å². The summed E-state index contributed by atoms with van der Waals surface area (Å²) in [5.41, 5.74) is 0. The van der Waals surface area contributed by atoms with Crippen molar-refractivity contribution in [3.05, 3.63) is 0 Å². The number of rotatable bonds is 26. The van der Waals surface area contributed by atoms with Gasteiger partial charge < -0.3 is 20.8 Å². The molecule has 1 rings (SSSR count). The number of carbonyl (C=O) groups is 4. The van der Waals surface area contributed by atoms with Crippen LogP contribution in [0.15, 0.2) is 0 Å². The second-order valence-electron chi connectivity index (χ2n) is 12.3. The predicted molar refractivity (Wildman–Crippen MR) is 164 cm³/mol. The number of carboxylic acid groups (broad SMARTS) is 2. The van der Waals surface area contributed by atoms with E-state index in [1.54, 1.807) is 0 Å². The number of nitrogens with one attached hydrogen (secondary N) is 2. The molecule has 1 atom stereocenters. The highest BCUT2D eigenvalue weighted by Crippen LogP contribution is 2.28. The summed E-state index contributed by atoms with van der Waals surface area (Å²) < 4.78 is 0. The molecule has 0 aromatic carbocycles. The minimum atomic E-state index is -0.967. The fraction of sp³-hybridized carbons (Fsp3) is 0.879. The molecule has 0 heterocycles. The second-order valence-corrected chi connectivity index (χ2v) is 12.3. The zero-order valence-electron chi connectivity index (χ0n) is 25.9. The number of aliphatic carboxylic acids is 2. The van der Waals surface area contributed by atoms with E-state index in [-0.39, 0.29) is 17.7 Å². The minimum absolute atomic E-state index is 0.120. The lowest BCUT2D eigenvalue weighted by molar-refractivity contribution is -0.143. The summed E-state index contributed by atoms with van der Waals surface area (Å²) in [6, 6.07) is -0.795.